The molecule has 0 aliphatic heterocycles. The zero-order valence-corrected chi connectivity index (χ0v) is 17.3. The first-order valence-corrected chi connectivity index (χ1v) is 10.5. The van der Waals surface area contributed by atoms with Gasteiger partial charge in [-0.25, -0.2) is 13.4 Å². The third kappa shape index (κ3) is 5.38. The summed E-state index contributed by atoms with van der Waals surface area (Å²) in [6, 6.07) is 13.7. The van der Waals surface area contributed by atoms with Gasteiger partial charge < -0.3 is 10.1 Å². The average molecular weight is 452 g/mol. The lowest BCUT2D eigenvalue weighted by Gasteiger charge is -2.11. The summed E-state index contributed by atoms with van der Waals surface area (Å²) in [4.78, 5) is 15.1. The lowest BCUT2D eigenvalue weighted by atomic mass is 10.3. The summed E-state index contributed by atoms with van der Waals surface area (Å²) in [6.45, 7) is 1.37. The number of carbonyl (C=O) groups excluding carboxylic acids is 1. The van der Waals surface area contributed by atoms with E-state index < -0.39 is 10.0 Å². The molecule has 3 rings (SSSR count). The Hall–Kier alpha value is -2.81. The van der Waals surface area contributed by atoms with Crippen molar-refractivity contribution < 1.29 is 17.9 Å². The number of rotatable bonds is 6. The Bertz CT molecular complexity index is 1110. The number of amides is 1. The van der Waals surface area contributed by atoms with Crippen molar-refractivity contribution in [2.24, 2.45) is 0 Å². The molecule has 0 fully saturated rings. The Labute approximate surface area is 177 Å². The predicted octanol–water partition coefficient (Wildman–Crippen LogP) is 4.94. The van der Waals surface area contributed by atoms with Gasteiger partial charge in [-0.1, -0.05) is 29.3 Å². The minimum Gasteiger partial charge on any atom is -0.436 e. The van der Waals surface area contributed by atoms with E-state index >= 15 is 0 Å². The molecule has 0 aliphatic rings. The highest BCUT2D eigenvalue weighted by atomic mass is 35.5. The minimum absolute atomic E-state index is 0.0368. The molecule has 0 saturated carbocycles. The molecule has 0 unspecified atom stereocenters. The number of nitrogens with one attached hydrogen (secondary N) is 2. The van der Waals surface area contributed by atoms with Crippen LogP contribution in [0.25, 0.3) is 0 Å². The van der Waals surface area contributed by atoms with Crippen LogP contribution in [0.5, 0.6) is 11.6 Å². The van der Waals surface area contributed by atoms with Gasteiger partial charge in [0.25, 0.3) is 10.0 Å². The van der Waals surface area contributed by atoms with E-state index in [1.165, 1.54) is 49.5 Å². The highest BCUT2D eigenvalue weighted by Crippen LogP contribution is 2.35. The topological polar surface area (TPSA) is 97.4 Å². The molecule has 2 aromatic carbocycles. The summed E-state index contributed by atoms with van der Waals surface area (Å²) < 4.78 is 33.0. The molecule has 150 valence electrons. The molecule has 2 N–H and O–H groups in total. The molecule has 0 radical (unpaired) electrons. The molecule has 3 aromatic rings. The van der Waals surface area contributed by atoms with Gasteiger partial charge in [0.15, 0.2) is 5.75 Å². The molecule has 10 heteroatoms. The highest BCUT2D eigenvalue weighted by molar-refractivity contribution is 7.92. The minimum atomic E-state index is -3.83. The van der Waals surface area contributed by atoms with Crippen LogP contribution >= 0.6 is 23.2 Å². The maximum absolute atomic E-state index is 12.5. The molecule has 1 aromatic heterocycles. The fraction of sp³-hybridized carbons (Fsp3) is 0.0526. The van der Waals surface area contributed by atoms with Gasteiger partial charge in [-0.2, -0.15) is 0 Å². The Kier molecular flexibility index (Phi) is 6.26. The molecule has 0 saturated heterocycles. The summed E-state index contributed by atoms with van der Waals surface area (Å²) in [5.41, 5.74) is 0.742. The second-order valence-corrected chi connectivity index (χ2v) is 8.35. The van der Waals surface area contributed by atoms with Gasteiger partial charge in [0.05, 0.1) is 26.8 Å². The number of anilines is 2. The van der Waals surface area contributed by atoms with Gasteiger partial charge in [-0.3, -0.25) is 9.52 Å². The molecule has 29 heavy (non-hydrogen) atoms. The normalized spacial score (nSPS) is 11.0. The van der Waals surface area contributed by atoms with Crippen LogP contribution in [0.15, 0.2) is 65.7 Å². The Morgan fingerprint density at radius 3 is 2.14 bits per heavy atom. The summed E-state index contributed by atoms with van der Waals surface area (Å²) in [7, 11) is -3.83. The van der Waals surface area contributed by atoms with Gasteiger partial charge in [0, 0.05) is 18.7 Å². The number of aromatic nitrogens is 1. The van der Waals surface area contributed by atoms with Gasteiger partial charge in [-0.15, -0.1) is 0 Å². The number of pyridine rings is 1. The number of benzene rings is 2. The average Bonchev–Trinajstić information content (AvgIpc) is 2.66. The van der Waals surface area contributed by atoms with Crippen LogP contribution in [0.1, 0.15) is 6.92 Å². The van der Waals surface area contributed by atoms with E-state index in [2.05, 4.69) is 15.0 Å². The van der Waals surface area contributed by atoms with Crippen molar-refractivity contribution in [3.8, 4) is 11.6 Å². The summed E-state index contributed by atoms with van der Waals surface area (Å²) >= 11 is 12.1. The maximum atomic E-state index is 12.5. The standard InChI is InChI=1S/C19H15Cl2N3O4S/c1-12(25)23-13-5-8-15(9-6-13)29(26,27)24-14-7-10-18(22-11-14)28-19-16(20)3-2-4-17(19)21/h2-11,24H,1H3,(H,23,25). The summed E-state index contributed by atoms with van der Waals surface area (Å²) in [5, 5.41) is 3.22. The zero-order chi connectivity index (χ0) is 21.0. The highest BCUT2D eigenvalue weighted by Gasteiger charge is 2.15. The lowest BCUT2D eigenvalue weighted by molar-refractivity contribution is -0.114. The molecule has 7 nitrogen and oxygen atoms in total. The molecular weight excluding hydrogens is 437 g/mol. The first-order valence-electron chi connectivity index (χ1n) is 8.23. The Balaban J connectivity index is 1.72. The number of para-hydroxylation sites is 1. The van der Waals surface area contributed by atoms with E-state index in [9.17, 15) is 13.2 Å². The van der Waals surface area contributed by atoms with Crippen molar-refractivity contribution in [2.75, 3.05) is 10.0 Å². The summed E-state index contributed by atoms with van der Waals surface area (Å²) in [5.74, 6) is 0.212. The summed E-state index contributed by atoms with van der Waals surface area (Å²) in [6.07, 6.45) is 1.31. The molecular formula is C19H15Cl2N3O4S. The number of ether oxygens (including phenoxy) is 1. The molecule has 1 amide bonds. The van der Waals surface area contributed by atoms with Crippen molar-refractivity contribution in [1.82, 2.24) is 4.98 Å². The van der Waals surface area contributed by atoms with E-state index in [4.69, 9.17) is 27.9 Å². The number of nitrogens with zero attached hydrogens (tertiary/aromatic N) is 1. The SMILES string of the molecule is CC(=O)Nc1ccc(S(=O)(=O)Nc2ccc(Oc3c(Cl)cccc3Cl)nc2)cc1. The molecule has 0 bridgehead atoms. The number of sulfonamides is 1. The number of hydrogen-bond acceptors (Lipinski definition) is 5. The van der Waals surface area contributed by atoms with Crippen LogP contribution in [-0.2, 0) is 14.8 Å². The Morgan fingerprint density at radius 2 is 1.59 bits per heavy atom. The maximum Gasteiger partial charge on any atom is 0.261 e. The second-order valence-electron chi connectivity index (χ2n) is 5.85. The van der Waals surface area contributed by atoms with E-state index in [1.54, 1.807) is 18.2 Å². The van der Waals surface area contributed by atoms with E-state index in [0.29, 0.717) is 15.7 Å². The van der Waals surface area contributed by atoms with Crippen LogP contribution in [0.3, 0.4) is 0 Å². The quantitative estimate of drug-likeness (QED) is 0.552. The van der Waals surface area contributed by atoms with E-state index in [-0.39, 0.29) is 28.1 Å². The van der Waals surface area contributed by atoms with E-state index in [0.717, 1.165) is 0 Å². The van der Waals surface area contributed by atoms with Gasteiger partial charge in [0.2, 0.25) is 11.8 Å². The fourth-order valence-corrected chi connectivity index (χ4v) is 3.84. The largest absolute Gasteiger partial charge is 0.436 e. The van der Waals surface area contributed by atoms with Crippen LogP contribution in [0, 0.1) is 0 Å². The molecule has 0 atom stereocenters. The van der Waals surface area contributed by atoms with Gasteiger partial charge in [-0.05, 0) is 42.5 Å². The third-order valence-corrected chi connectivity index (χ3v) is 5.59. The van der Waals surface area contributed by atoms with Crippen molar-refractivity contribution >= 4 is 50.5 Å². The number of hydrogen-bond donors (Lipinski definition) is 2. The van der Waals surface area contributed by atoms with Crippen LogP contribution in [0.4, 0.5) is 11.4 Å². The number of halogens is 2. The molecule has 0 aliphatic carbocycles. The fourth-order valence-electron chi connectivity index (χ4n) is 2.32. The molecule has 1 heterocycles. The lowest BCUT2D eigenvalue weighted by Crippen LogP contribution is -2.13. The monoisotopic (exact) mass is 451 g/mol. The van der Waals surface area contributed by atoms with Crippen molar-refractivity contribution in [1.29, 1.82) is 0 Å². The first-order chi connectivity index (χ1) is 13.7. The Morgan fingerprint density at radius 1 is 0.966 bits per heavy atom. The van der Waals surface area contributed by atoms with E-state index in [1.807, 2.05) is 0 Å². The van der Waals surface area contributed by atoms with Crippen molar-refractivity contribution in [2.45, 2.75) is 11.8 Å². The predicted molar refractivity (Wildman–Crippen MR) is 112 cm³/mol. The van der Waals surface area contributed by atoms with Gasteiger partial charge in [0.1, 0.15) is 0 Å². The van der Waals surface area contributed by atoms with Crippen molar-refractivity contribution in [3.05, 3.63) is 70.8 Å². The molecule has 0 spiro atoms. The second kappa shape index (κ2) is 8.69. The number of carbonyl (C=O) groups is 1. The van der Waals surface area contributed by atoms with Crippen LogP contribution in [0.2, 0.25) is 10.0 Å². The first kappa shape index (κ1) is 20.9. The zero-order valence-electron chi connectivity index (χ0n) is 15.0. The van der Waals surface area contributed by atoms with Crippen LogP contribution < -0.4 is 14.8 Å². The third-order valence-electron chi connectivity index (χ3n) is 3.60. The smallest absolute Gasteiger partial charge is 0.261 e. The van der Waals surface area contributed by atoms with Crippen LogP contribution in [-0.4, -0.2) is 19.3 Å². The van der Waals surface area contributed by atoms with Gasteiger partial charge >= 0.3 is 0 Å². The van der Waals surface area contributed by atoms with Crippen molar-refractivity contribution in [3.63, 3.8) is 0 Å².